The lowest BCUT2D eigenvalue weighted by atomic mass is 9.87. The first kappa shape index (κ1) is 19.2. The second-order valence-electron chi connectivity index (χ2n) is 7.06. The van der Waals surface area contributed by atoms with Gasteiger partial charge in [-0.1, -0.05) is 25.1 Å². The Hall–Kier alpha value is -1.60. The van der Waals surface area contributed by atoms with E-state index in [4.69, 9.17) is 4.74 Å². The normalized spacial score (nSPS) is 24.8. The fraction of sp³-hybridized carbons (Fsp3) is 0.632. The van der Waals surface area contributed by atoms with Gasteiger partial charge in [-0.2, -0.15) is 13.2 Å². The molecule has 0 bridgehead atoms. The fourth-order valence-electron chi connectivity index (χ4n) is 3.92. The van der Waals surface area contributed by atoms with Crippen LogP contribution in [0.15, 0.2) is 24.3 Å². The van der Waals surface area contributed by atoms with Gasteiger partial charge in [0.05, 0.1) is 18.8 Å². The summed E-state index contributed by atoms with van der Waals surface area (Å²) in [4.78, 5) is 16.3. The van der Waals surface area contributed by atoms with Gasteiger partial charge in [-0.3, -0.25) is 9.69 Å². The van der Waals surface area contributed by atoms with Crippen LogP contribution in [0.3, 0.4) is 0 Å². The molecule has 2 heterocycles. The van der Waals surface area contributed by atoms with Crippen molar-refractivity contribution in [3.63, 3.8) is 0 Å². The van der Waals surface area contributed by atoms with Gasteiger partial charge < -0.3 is 9.64 Å². The smallest absolute Gasteiger partial charge is 0.379 e. The van der Waals surface area contributed by atoms with E-state index >= 15 is 0 Å². The molecule has 1 aromatic carbocycles. The summed E-state index contributed by atoms with van der Waals surface area (Å²) < 4.78 is 44.7. The van der Waals surface area contributed by atoms with Gasteiger partial charge in [-0.25, -0.2) is 0 Å². The van der Waals surface area contributed by atoms with Gasteiger partial charge in [-0.15, -0.1) is 0 Å². The quantitative estimate of drug-likeness (QED) is 0.817. The average Bonchev–Trinajstić information content (AvgIpc) is 3.05. The summed E-state index contributed by atoms with van der Waals surface area (Å²) in [5.41, 5.74) is 0.0462. The third-order valence-electron chi connectivity index (χ3n) is 5.33. The summed E-state index contributed by atoms with van der Waals surface area (Å²) in [5, 5.41) is 0. The standard InChI is InChI=1S/C19H25F3N2O2/c1-2-18(25)24-12-15(11-23-6-8-26-9-7-23)17(13-24)14-4-3-5-16(10-14)19(20,21)22/h3-5,10,15,17H,2,6-9,11-13H2,1H3. The van der Waals surface area contributed by atoms with E-state index in [2.05, 4.69) is 4.90 Å². The molecule has 2 aliphatic rings. The highest BCUT2D eigenvalue weighted by atomic mass is 19.4. The number of carbonyl (C=O) groups is 1. The number of hydrogen-bond donors (Lipinski definition) is 0. The van der Waals surface area contributed by atoms with Crippen LogP contribution in [0.2, 0.25) is 0 Å². The maximum absolute atomic E-state index is 13.1. The van der Waals surface area contributed by atoms with Crippen molar-refractivity contribution in [1.82, 2.24) is 9.80 Å². The Kier molecular flexibility index (Phi) is 5.87. The van der Waals surface area contributed by atoms with Crippen molar-refractivity contribution < 1.29 is 22.7 Å². The van der Waals surface area contributed by atoms with Gasteiger partial charge in [0.1, 0.15) is 0 Å². The molecule has 1 aromatic rings. The van der Waals surface area contributed by atoms with Gasteiger partial charge in [0, 0.05) is 45.1 Å². The van der Waals surface area contributed by atoms with E-state index in [0.29, 0.717) is 38.3 Å². The third-order valence-corrected chi connectivity index (χ3v) is 5.33. The zero-order valence-corrected chi connectivity index (χ0v) is 15.0. The molecular formula is C19H25F3N2O2. The molecule has 0 radical (unpaired) electrons. The largest absolute Gasteiger partial charge is 0.416 e. The van der Waals surface area contributed by atoms with Crippen LogP contribution < -0.4 is 0 Å². The molecule has 0 aliphatic carbocycles. The summed E-state index contributed by atoms with van der Waals surface area (Å²) >= 11 is 0. The number of nitrogens with zero attached hydrogens (tertiary/aromatic N) is 2. The number of carbonyl (C=O) groups excluding carboxylic acids is 1. The highest BCUT2D eigenvalue weighted by molar-refractivity contribution is 5.76. The van der Waals surface area contributed by atoms with Gasteiger partial charge in [0.2, 0.25) is 5.91 Å². The SMILES string of the molecule is CCC(=O)N1CC(CN2CCOCC2)C(c2cccc(C(F)(F)F)c2)C1. The van der Waals surface area contributed by atoms with Gasteiger partial charge in [0.25, 0.3) is 0 Å². The maximum Gasteiger partial charge on any atom is 0.416 e. The van der Waals surface area contributed by atoms with Crippen LogP contribution in [-0.4, -0.2) is 61.6 Å². The summed E-state index contributed by atoms with van der Waals surface area (Å²) in [6.45, 7) is 6.70. The minimum absolute atomic E-state index is 0.0615. The number of ether oxygens (including phenoxy) is 1. The molecule has 0 N–H and O–H groups in total. The number of alkyl halides is 3. The van der Waals surface area contributed by atoms with Gasteiger partial charge in [-0.05, 0) is 17.5 Å². The minimum atomic E-state index is -4.35. The van der Waals surface area contributed by atoms with Crippen molar-refractivity contribution in [2.45, 2.75) is 25.4 Å². The van der Waals surface area contributed by atoms with E-state index in [0.717, 1.165) is 25.7 Å². The molecule has 1 amide bonds. The van der Waals surface area contributed by atoms with Crippen molar-refractivity contribution in [1.29, 1.82) is 0 Å². The summed E-state index contributed by atoms with van der Waals surface area (Å²) in [7, 11) is 0. The first-order chi connectivity index (χ1) is 12.4. The monoisotopic (exact) mass is 370 g/mol. The van der Waals surface area contributed by atoms with Crippen molar-refractivity contribution >= 4 is 5.91 Å². The van der Waals surface area contributed by atoms with Gasteiger partial charge in [0.15, 0.2) is 0 Å². The van der Waals surface area contributed by atoms with Crippen LogP contribution >= 0.6 is 0 Å². The van der Waals surface area contributed by atoms with Crippen molar-refractivity contribution in [2.75, 3.05) is 45.9 Å². The lowest BCUT2D eigenvalue weighted by Crippen LogP contribution is -2.41. The number of hydrogen-bond acceptors (Lipinski definition) is 3. The van der Waals surface area contributed by atoms with E-state index in [9.17, 15) is 18.0 Å². The Bertz CT molecular complexity index is 629. The summed E-state index contributed by atoms with van der Waals surface area (Å²) in [6, 6.07) is 5.57. The average molecular weight is 370 g/mol. The first-order valence-corrected chi connectivity index (χ1v) is 9.13. The molecule has 0 spiro atoms. The van der Waals surface area contributed by atoms with Crippen LogP contribution in [-0.2, 0) is 15.7 Å². The number of amides is 1. The molecule has 2 aliphatic heterocycles. The van der Waals surface area contributed by atoms with E-state index in [1.165, 1.54) is 12.1 Å². The van der Waals surface area contributed by atoms with Crippen molar-refractivity contribution in [3.05, 3.63) is 35.4 Å². The molecule has 144 valence electrons. The molecule has 0 aromatic heterocycles. The highest BCUT2D eigenvalue weighted by Crippen LogP contribution is 2.37. The zero-order chi connectivity index (χ0) is 18.7. The van der Waals surface area contributed by atoms with Crippen LogP contribution in [0.4, 0.5) is 13.2 Å². The molecule has 4 nitrogen and oxygen atoms in total. The molecule has 7 heteroatoms. The van der Waals surface area contributed by atoms with E-state index in [1.807, 2.05) is 6.92 Å². The first-order valence-electron chi connectivity index (χ1n) is 9.13. The molecule has 0 saturated carbocycles. The third kappa shape index (κ3) is 4.38. The van der Waals surface area contributed by atoms with Crippen LogP contribution in [0, 0.1) is 5.92 Å². The Balaban J connectivity index is 1.82. The molecular weight excluding hydrogens is 345 g/mol. The van der Waals surface area contributed by atoms with Crippen molar-refractivity contribution in [3.8, 4) is 0 Å². The second-order valence-corrected chi connectivity index (χ2v) is 7.06. The Morgan fingerprint density at radius 2 is 1.96 bits per heavy atom. The van der Waals surface area contributed by atoms with Gasteiger partial charge >= 0.3 is 6.18 Å². The molecule has 3 rings (SSSR count). The number of benzene rings is 1. The zero-order valence-electron chi connectivity index (χ0n) is 15.0. The van der Waals surface area contributed by atoms with Crippen LogP contribution in [0.25, 0.3) is 0 Å². The fourth-order valence-corrected chi connectivity index (χ4v) is 3.92. The summed E-state index contributed by atoms with van der Waals surface area (Å²) in [5.74, 6) is 0.120. The summed E-state index contributed by atoms with van der Waals surface area (Å²) in [6.07, 6.45) is -3.94. The highest BCUT2D eigenvalue weighted by Gasteiger charge is 2.38. The number of halogens is 3. The Morgan fingerprint density at radius 1 is 1.23 bits per heavy atom. The predicted molar refractivity (Wildman–Crippen MR) is 91.8 cm³/mol. The molecule has 2 saturated heterocycles. The molecule has 2 fully saturated rings. The lowest BCUT2D eigenvalue weighted by molar-refractivity contribution is -0.137. The van der Waals surface area contributed by atoms with Crippen molar-refractivity contribution in [2.24, 2.45) is 5.92 Å². The van der Waals surface area contributed by atoms with E-state index in [-0.39, 0.29) is 17.7 Å². The van der Waals surface area contributed by atoms with E-state index in [1.54, 1.807) is 11.0 Å². The maximum atomic E-state index is 13.1. The Morgan fingerprint density at radius 3 is 2.62 bits per heavy atom. The molecule has 2 atom stereocenters. The minimum Gasteiger partial charge on any atom is -0.379 e. The number of rotatable bonds is 4. The molecule has 2 unspecified atom stereocenters. The predicted octanol–water partition coefficient (Wildman–Crippen LogP) is 2.99. The molecule has 26 heavy (non-hydrogen) atoms. The lowest BCUT2D eigenvalue weighted by Gasteiger charge is -2.31. The topological polar surface area (TPSA) is 32.8 Å². The Labute approximate surface area is 151 Å². The number of likely N-dealkylation sites (tertiary alicyclic amines) is 1. The van der Waals surface area contributed by atoms with Crippen LogP contribution in [0.5, 0.6) is 0 Å². The second kappa shape index (κ2) is 7.96. The van der Waals surface area contributed by atoms with Crippen LogP contribution in [0.1, 0.15) is 30.4 Å². The van der Waals surface area contributed by atoms with E-state index < -0.39 is 11.7 Å². The number of morpholine rings is 1.